The Bertz CT molecular complexity index is 964. The molecule has 0 amide bonds. The Kier molecular flexibility index (Phi) is 3.54. The summed E-state index contributed by atoms with van der Waals surface area (Å²) >= 11 is 0. The highest BCUT2D eigenvalue weighted by Gasteiger charge is 2.44. The molecule has 1 fully saturated rings. The van der Waals surface area contributed by atoms with E-state index in [0.717, 1.165) is 40.6 Å². The van der Waals surface area contributed by atoms with Gasteiger partial charge in [0.2, 0.25) is 6.79 Å². The van der Waals surface area contributed by atoms with Crippen molar-refractivity contribution in [3.05, 3.63) is 48.0 Å². The molecule has 0 saturated heterocycles. The van der Waals surface area contributed by atoms with Crippen LogP contribution in [0.1, 0.15) is 38.3 Å². The van der Waals surface area contributed by atoms with Crippen molar-refractivity contribution in [2.24, 2.45) is 16.3 Å². The monoisotopic (exact) mass is 362 g/mol. The smallest absolute Gasteiger partial charge is 0.231 e. The number of rotatable bonds is 1. The lowest BCUT2D eigenvalue weighted by Crippen LogP contribution is -2.42. The molecule has 1 aliphatic carbocycles. The van der Waals surface area contributed by atoms with Crippen LogP contribution >= 0.6 is 0 Å². The summed E-state index contributed by atoms with van der Waals surface area (Å²) in [6, 6.07) is 13.7. The molecule has 1 N–H and O–H groups in total. The number of carbonyl (C=O) groups excluding carboxylic acids is 1. The van der Waals surface area contributed by atoms with E-state index in [9.17, 15) is 4.79 Å². The average Bonchev–Trinajstić information content (AvgIpc) is 3.01. The number of carbonyl (C=O) groups is 1. The third-order valence-corrected chi connectivity index (χ3v) is 5.59. The number of anilines is 1. The summed E-state index contributed by atoms with van der Waals surface area (Å²) in [4.78, 5) is 18.1. The first-order valence-corrected chi connectivity index (χ1v) is 9.35. The fraction of sp³-hybridized carbons (Fsp3) is 0.364. The molecule has 2 aliphatic heterocycles. The van der Waals surface area contributed by atoms with Crippen molar-refractivity contribution in [1.82, 2.24) is 0 Å². The molecule has 0 bridgehead atoms. The summed E-state index contributed by atoms with van der Waals surface area (Å²) in [7, 11) is 0. The average molecular weight is 362 g/mol. The van der Waals surface area contributed by atoms with Crippen molar-refractivity contribution in [3.63, 3.8) is 0 Å². The molecule has 5 nitrogen and oxygen atoms in total. The molecule has 27 heavy (non-hydrogen) atoms. The maximum atomic E-state index is 13.2. The second-order valence-corrected chi connectivity index (χ2v) is 8.32. The first-order chi connectivity index (χ1) is 13.0. The molecule has 2 heterocycles. The Balaban J connectivity index is 1.64. The van der Waals surface area contributed by atoms with Crippen molar-refractivity contribution >= 4 is 22.9 Å². The SMILES string of the molecule is CC1(C)CC(=O)C2C(=Nc3ccccc3NC2c2ccc3c(c2)OCO3)C1. The van der Waals surface area contributed by atoms with Gasteiger partial charge in [-0.1, -0.05) is 32.0 Å². The summed E-state index contributed by atoms with van der Waals surface area (Å²) in [5.41, 5.74) is 3.77. The van der Waals surface area contributed by atoms with Crippen LogP contribution < -0.4 is 14.8 Å². The van der Waals surface area contributed by atoms with Gasteiger partial charge in [0.15, 0.2) is 11.5 Å². The van der Waals surface area contributed by atoms with Crippen molar-refractivity contribution in [1.29, 1.82) is 0 Å². The molecule has 2 unspecified atom stereocenters. The van der Waals surface area contributed by atoms with Crippen molar-refractivity contribution in [3.8, 4) is 11.5 Å². The number of fused-ring (bicyclic) bond motifs is 3. The van der Waals surface area contributed by atoms with Crippen LogP contribution in [0.4, 0.5) is 11.4 Å². The molecule has 0 aromatic heterocycles. The highest BCUT2D eigenvalue weighted by molar-refractivity contribution is 6.10. The van der Waals surface area contributed by atoms with E-state index in [1.807, 2.05) is 42.5 Å². The Morgan fingerprint density at radius 2 is 1.89 bits per heavy atom. The van der Waals surface area contributed by atoms with E-state index in [1.165, 1.54) is 0 Å². The first-order valence-electron chi connectivity index (χ1n) is 9.35. The molecule has 2 atom stereocenters. The van der Waals surface area contributed by atoms with E-state index in [-0.39, 0.29) is 30.0 Å². The Labute approximate surface area is 158 Å². The van der Waals surface area contributed by atoms with Crippen molar-refractivity contribution in [2.75, 3.05) is 12.1 Å². The number of hydrogen-bond acceptors (Lipinski definition) is 5. The van der Waals surface area contributed by atoms with Crippen LogP contribution in [0.5, 0.6) is 11.5 Å². The topological polar surface area (TPSA) is 59.9 Å². The lowest BCUT2D eigenvalue weighted by molar-refractivity contribution is -0.124. The van der Waals surface area contributed by atoms with Gasteiger partial charge in [0.1, 0.15) is 5.78 Å². The molecule has 5 rings (SSSR count). The summed E-state index contributed by atoms with van der Waals surface area (Å²) < 4.78 is 11.0. The minimum atomic E-state index is -0.272. The largest absolute Gasteiger partial charge is 0.454 e. The van der Waals surface area contributed by atoms with Crippen LogP contribution in [0.25, 0.3) is 0 Å². The number of para-hydroxylation sites is 2. The zero-order chi connectivity index (χ0) is 18.6. The highest BCUT2D eigenvalue weighted by Crippen LogP contribution is 2.46. The predicted molar refractivity (Wildman–Crippen MR) is 104 cm³/mol. The van der Waals surface area contributed by atoms with Gasteiger partial charge in [-0.15, -0.1) is 0 Å². The lowest BCUT2D eigenvalue weighted by Gasteiger charge is -2.37. The van der Waals surface area contributed by atoms with E-state index in [2.05, 4.69) is 19.2 Å². The van der Waals surface area contributed by atoms with Gasteiger partial charge in [0.05, 0.1) is 23.3 Å². The second kappa shape index (κ2) is 5.84. The minimum Gasteiger partial charge on any atom is -0.454 e. The van der Waals surface area contributed by atoms with Crippen LogP contribution in [0.2, 0.25) is 0 Å². The number of nitrogens with one attached hydrogen (secondary N) is 1. The lowest BCUT2D eigenvalue weighted by atomic mass is 9.68. The van der Waals surface area contributed by atoms with Gasteiger partial charge in [-0.05, 0) is 41.7 Å². The van der Waals surface area contributed by atoms with Crippen LogP contribution in [-0.4, -0.2) is 18.3 Å². The summed E-state index contributed by atoms with van der Waals surface area (Å²) in [5.74, 6) is 1.45. The minimum absolute atomic E-state index is 0.0643. The van der Waals surface area contributed by atoms with E-state index < -0.39 is 0 Å². The van der Waals surface area contributed by atoms with Gasteiger partial charge >= 0.3 is 0 Å². The molecule has 0 radical (unpaired) electrons. The van der Waals surface area contributed by atoms with Gasteiger partial charge in [0, 0.05) is 12.1 Å². The molecule has 1 saturated carbocycles. The Morgan fingerprint density at radius 1 is 1.07 bits per heavy atom. The van der Waals surface area contributed by atoms with Gasteiger partial charge in [-0.2, -0.15) is 0 Å². The zero-order valence-electron chi connectivity index (χ0n) is 15.5. The van der Waals surface area contributed by atoms with Crippen LogP contribution in [0, 0.1) is 11.3 Å². The van der Waals surface area contributed by atoms with Crippen molar-refractivity contribution < 1.29 is 14.3 Å². The standard InChI is InChI=1S/C22H22N2O3/c1-22(2)10-16-20(17(25)11-22)21(24-15-6-4-3-5-14(15)23-16)13-7-8-18-19(9-13)27-12-26-18/h3-9,20-21,24H,10-12H2,1-2H3. The Hall–Kier alpha value is -2.82. The molecule has 0 spiro atoms. The van der Waals surface area contributed by atoms with E-state index in [1.54, 1.807) is 0 Å². The first kappa shape index (κ1) is 16.4. The normalized spacial score (nSPS) is 25.0. The van der Waals surface area contributed by atoms with Gasteiger partial charge < -0.3 is 14.8 Å². The maximum Gasteiger partial charge on any atom is 0.231 e. The Morgan fingerprint density at radius 3 is 2.78 bits per heavy atom. The van der Waals surface area contributed by atoms with Crippen molar-refractivity contribution in [2.45, 2.75) is 32.7 Å². The predicted octanol–water partition coefficient (Wildman–Crippen LogP) is 4.66. The number of hydrogen-bond donors (Lipinski definition) is 1. The summed E-state index contributed by atoms with van der Waals surface area (Å²) in [6.07, 6.45) is 1.39. The highest BCUT2D eigenvalue weighted by atomic mass is 16.7. The number of nitrogens with zero attached hydrogens (tertiary/aromatic N) is 1. The van der Waals surface area contributed by atoms with Gasteiger partial charge in [-0.3, -0.25) is 9.79 Å². The fourth-order valence-corrected chi connectivity index (χ4v) is 4.40. The molecule has 5 heteroatoms. The number of aliphatic imine (C=N–C) groups is 1. The molecular weight excluding hydrogens is 340 g/mol. The van der Waals surface area contributed by atoms with E-state index >= 15 is 0 Å². The molecule has 2 aromatic carbocycles. The number of ether oxygens (including phenoxy) is 2. The number of Topliss-reactive ketones (excluding diaryl/α,β-unsaturated/α-hetero) is 1. The van der Waals surface area contributed by atoms with Gasteiger partial charge in [-0.25, -0.2) is 0 Å². The summed E-state index contributed by atoms with van der Waals surface area (Å²) in [6.45, 7) is 4.52. The zero-order valence-corrected chi connectivity index (χ0v) is 15.5. The molecule has 138 valence electrons. The quantitative estimate of drug-likeness (QED) is 0.801. The van der Waals surface area contributed by atoms with E-state index in [4.69, 9.17) is 14.5 Å². The summed E-state index contributed by atoms with van der Waals surface area (Å²) in [5, 5.41) is 3.59. The maximum absolute atomic E-state index is 13.2. The second-order valence-electron chi connectivity index (χ2n) is 8.32. The van der Waals surface area contributed by atoms with Crippen LogP contribution in [-0.2, 0) is 4.79 Å². The van der Waals surface area contributed by atoms with Gasteiger partial charge in [0.25, 0.3) is 0 Å². The molecule has 2 aromatic rings. The third kappa shape index (κ3) is 2.78. The fourth-order valence-electron chi connectivity index (χ4n) is 4.40. The third-order valence-electron chi connectivity index (χ3n) is 5.59. The number of ketones is 1. The molecular formula is C22H22N2O3. The van der Waals surface area contributed by atoms with Crippen LogP contribution in [0.3, 0.4) is 0 Å². The number of benzene rings is 2. The van der Waals surface area contributed by atoms with E-state index in [0.29, 0.717) is 6.42 Å². The van der Waals surface area contributed by atoms with Crippen LogP contribution in [0.15, 0.2) is 47.5 Å². The molecule has 3 aliphatic rings.